The summed E-state index contributed by atoms with van der Waals surface area (Å²) in [5.41, 5.74) is 6.22. The van der Waals surface area contributed by atoms with Crippen molar-refractivity contribution in [2.45, 2.75) is 57.7 Å². The predicted molar refractivity (Wildman–Crippen MR) is 66.1 cm³/mol. The maximum atomic E-state index is 5.60. The molecule has 0 rings (SSSR count). The monoisotopic (exact) mass is 217 g/mol. The maximum Gasteiger partial charge on any atom is 0.188 e. The molecule has 3 heteroatoms. The molecular formula is C11H27NOSi. The fourth-order valence-corrected chi connectivity index (χ4v) is 2.80. The van der Waals surface area contributed by atoms with Gasteiger partial charge in [-0.25, -0.2) is 0 Å². The van der Waals surface area contributed by atoms with Crippen LogP contribution in [0.4, 0.5) is 0 Å². The highest BCUT2D eigenvalue weighted by Crippen LogP contribution is 2.27. The van der Waals surface area contributed by atoms with E-state index in [-0.39, 0.29) is 0 Å². The SMILES string of the molecule is CO[Si](C)(C)C(C)CCCCCCN. The Balaban J connectivity index is 3.48. The van der Waals surface area contributed by atoms with Gasteiger partial charge in [0.25, 0.3) is 0 Å². The van der Waals surface area contributed by atoms with Crippen LogP contribution in [0.25, 0.3) is 0 Å². The van der Waals surface area contributed by atoms with Gasteiger partial charge in [-0.05, 0) is 31.6 Å². The molecule has 0 fully saturated rings. The van der Waals surface area contributed by atoms with Crippen molar-refractivity contribution in [3.8, 4) is 0 Å². The summed E-state index contributed by atoms with van der Waals surface area (Å²) in [5.74, 6) is 0. The summed E-state index contributed by atoms with van der Waals surface area (Å²) in [4.78, 5) is 0. The average molecular weight is 217 g/mol. The average Bonchev–Trinajstić information content (AvgIpc) is 2.17. The summed E-state index contributed by atoms with van der Waals surface area (Å²) in [7, 11) is 0.484. The molecule has 0 spiro atoms. The van der Waals surface area contributed by atoms with Gasteiger partial charge in [0.1, 0.15) is 0 Å². The van der Waals surface area contributed by atoms with Crippen molar-refractivity contribution < 1.29 is 4.43 Å². The molecule has 0 aliphatic heterocycles. The van der Waals surface area contributed by atoms with Crippen LogP contribution < -0.4 is 5.73 Å². The minimum atomic E-state index is -1.37. The number of rotatable bonds is 8. The fourth-order valence-electron chi connectivity index (χ4n) is 1.50. The fraction of sp³-hybridized carbons (Fsp3) is 1.00. The molecule has 0 radical (unpaired) electrons. The Kier molecular flexibility index (Phi) is 7.50. The summed E-state index contributed by atoms with van der Waals surface area (Å²) in [6.07, 6.45) is 6.45. The largest absolute Gasteiger partial charge is 0.420 e. The second kappa shape index (κ2) is 7.43. The van der Waals surface area contributed by atoms with Crippen LogP contribution in [0.3, 0.4) is 0 Å². The van der Waals surface area contributed by atoms with Gasteiger partial charge in [0, 0.05) is 7.11 Å². The lowest BCUT2D eigenvalue weighted by molar-refractivity contribution is 0.386. The van der Waals surface area contributed by atoms with E-state index in [1.807, 2.05) is 7.11 Å². The van der Waals surface area contributed by atoms with Crippen LogP contribution in [0.1, 0.15) is 39.0 Å². The lowest BCUT2D eigenvalue weighted by atomic mass is 10.1. The van der Waals surface area contributed by atoms with Crippen molar-refractivity contribution in [3.05, 3.63) is 0 Å². The standard InChI is InChI=1S/C11H27NOSi/c1-11(14(3,4)13-2)9-7-5-6-8-10-12/h11H,5-10,12H2,1-4H3. The quantitative estimate of drug-likeness (QED) is 0.501. The Morgan fingerprint density at radius 1 is 1.14 bits per heavy atom. The highest BCUT2D eigenvalue weighted by Gasteiger charge is 2.27. The zero-order valence-electron chi connectivity index (χ0n) is 10.3. The second-order valence-corrected chi connectivity index (χ2v) is 9.30. The van der Waals surface area contributed by atoms with Crippen LogP contribution in [0, 0.1) is 0 Å². The molecule has 0 amide bonds. The van der Waals surface area contributed by atoms with Crippen molar-refractivity contribution in [1.29, 1.82) is 0 Å². The zero-order chi connectivity index (χ0) is 11.0. The molecule has 0 aliphatic carbocycles. The van der Waals surface area contributed by atoms with E-state index in [1.54, 1.807) is 0 Å². The number of hydrogen-bond donors (Lipinski definition) is 1. The first-order valence-corrected chi connectivity index (χ1v) is 8.78. The molecule has 2 N–H and O–H groups in total. The van der Waals surface area contributed by atoms with Gasteiger partial charge < -0.3 is 10.2 Å². The number of nitrogens with two attached hydrogens (primary N) is 1. The van der Waals surface area contributed by atoms with Crippen LogP contribution in [0.2, 0.25) is 18.6 Å². The molecule has 86 valence electrons. The lowest BCUT2D eigenvalue weighted by Crippen LogP contribution is -2.33. The maximum absolute atomic E-state index is 5.60. The van der Waals surface area contributed by atoms with Crippen LogP contribution in [0.15, 0.2) is 0 Å². The van der Waals surface area contributed by atoms with E-state index in [1.165, 1.54) is 32.1 Å². The summed E-state index contributed by atoms with van der Waals surface area (Å²) >= 11 is 0. The van der Waals surface area contributed by atoms with Crippen molar-refractivity contribution >= 4 is 8.32 Å². The molecule has 0 saturated carbocycles. The van der Waals surface area contributed by atoms with E-state index in [0.717, 1.165) is 12.1 Å². The Morgan fingerprint density at radius 2 is 1.71 bits per heavy atom. The Bertz CT molecular complexity index is 139. The molecule has 1 unspecified atom stereocenters. The van der Waals surface area contributed by atoms with E-state index in [9.17, 15) is 0 Å². The van der Waals surface area contributed by atoms with Gasteiger partial charge in [0.15, 0.2) is 8.32 Å². The smallest absolute Gasteiger partial charge is 0.188 e. The Morgan fingerprint density at radius 3 is 2.21 bits per heavy atom. The summed E-state index contributed by atoms with van der Waals surface area (Å²) in [5, 5.41) is 0. The molecule has 0 aromatic heterocycles. The molecule has 0 bridgehead atoms. The van der Waals surface area contributed by atoms with E-state index < -0.39 is 8.32 Å². The number of unbranched alkanes of at least 4 members (excludes halogenated alkanes) is 3. The molecule has 2 nitrogen and oxygen atoms in total. The van der Waals surface area contributed by atoms with Crippen molar-refractivity contribution in [1.82, 2.24) is 0 Å². The minimum absolute atomic E-state index is 0.769. The minimum Gasteiger partial charge on any atom is -0.420 e. The molecular weight excluding hydrogens is 190 g/mol. The topological polar surface area (TPSA) is 35.2 Å². The van der Waals surface area contributed by atoms with E-state index in [2.05, 4.69) is 20.0 Å². The first-order valence-electron chi connectivity index (χ1n) is 5.79. The van der Waals surface area contributed by atoms with Gasteiger partial charge in [-0.3, -0.25) is 0 Å². The molecule has 0 aromatic carbocycles. The Hall–Kier alpha value is 0.137. The van der Waals surface area contributed by atoms with Gasteiger partial charge in [0.2, 0.25) is 0 Å². The molecule has 1 atom stereocenters. The van der Waals surface area contributed by atoms with Crippen LogP contribution in [-0.4, -0.2) is 22.0 Å². The van der Waals surface area contributed by atoms with Crippen LogP contribution in [0.5, 0.6) is 0 Å². The van der Waals surface area contributed by atoms with Gasteiger partial charge in [0.05, 0.1) is 0 Å². The Labute approximate surface area is 90.3 Å². The van der Waals surface area contributed by atoms with E-state index in [4.69, 9.17) is 10.2 Å². The third-order valence-corrected chi connectivity index (χ3v) is 7.02. The molecule has 14 heavy (non-hydrogen) atoms. The molecule has 0 saturated heterocycles. The van der Waals surface area contributed by atoms with Gasteiger partial charge in [-0.15, -0.1) is 0 Å². The third-order valence-electron chi connectivity index (χ3n) is 3.30. The van der Waals surface area contributed by atoms with E-state index >= 15 is 0 Å². The van der Waals surface area contributed by atoms with Crippen molar-refractivity contribution in [2.24, 2.45) is 5.73 Å². The molecule has 0 aliphatic rings. The van der Waals surface area contributed by atoms with Gasteiger partial charge in [-0.2, -0.15) is 0 Å². The number of hydrogen-bond acceptors (Lipinski definition) is 2. The van der Waals surface area contributed by atoms with E-state index in [0.29, 0.717) is 0 Å². The second-order valence-electron chi connectivity index (χ2n) is 4.70. The highest BCUT2D eigenvalue weighted by molar-refractivity contribution is 6.72. The van der Waals surface area contributed by atoms with Crippen molar-refractivity contribution in [2.75, 3.05) is 13.7 Å². The highest BCUT2D eigenvalue weighted by atomic mass is 28.4. The van der Waals surface area contributed by atoms with Crippen molar-refractivity contribution in [3.63, 3.8) is 0 Å². The normalized spacial score (nSPS) is 14.4. The molecule has 0 aromatic rings. The first kappa shape index (κ1) is 14.1. The van der Waals surface area contributed by atoms with Gasteiger partial charge in [-0.1, -0.05) is 32.6 Å². The molecule has 0 heterocycles. The zero-order valence-corrected chi connectivity index (χ0v) is 11.3. The summed E-state index contributed by atoms with van der Waals surface area (Å²) in [6.45, 7) is 7.78. The van der Waals surface area contributed by atoms with Gasteiger partial charge >= 0.3 is 0 Å². The summed E-state index contributed by atoms with van der Waals surface area (Å²) in [6, 6.07) is 0. The van der Waals surface area contributed by atoms with Crippen LogP contribution in [-0.2, 0) is 4.43 Å². The summed E-state index contributed by atoms with van der Waals surface area (Å²) < 4.78 is 5.60. The van der Waals surface area contributed by atoms with Crippen LogP contribution >= 0.6 is 0 Å². The third kappa shape index (κ3) is 5.78. The first-order chi connectivity index (χ1) is 6.54. The lowest BCUT2D eigenvalue weighted by Gasteiger charge is -2.27. The predicted octanol–water partition coefficient (Wildman–Crippen LogP) is 3.14.